The minimum absolute atomic E-state index is 0.677. The molecule has 0 saturated heterocycles. The number of rotatable bonds is 2. The first-order chi connectivity index (χ1) is 5.22. The van der Waals surface area contributed by atoms with Crippen LogP contribution in [0.4, 0.5) is 0 Å². The van der Waals surface area contributed by atoms with Crippen LogP contribution in [0.25, 0.3) is 0 Å². The molecule has 0 aliphatic heterocycles. The van der Waals surface area contributed by atoms with Gasteiger partial charge in [-0.25, -0.2) is 0 Å². The van der Waals surface area contributed by atoms with Gasteiger partial charge in [-0.1, -0.05) is 0 Å². The van der Waals surface area contributed by atoms with E-state index in [-0.39, 0.29) is 0 Å². The Balaban J connectivity index is 2.77. The Morgan fingerprint density at radius 2 is 1.91 bits per heavy atom. The average molecular weight is 146 g/mol. The van der Waals surface area contributed by atoms with Gasteiger partial charge in [-0.3, -0.25) is 0 Å². The van der Waals surface area contributed by atoms with Crippen molar-refractivity contribution in [3.63, 3.8) is 0 Å². The van der Waals surface area contributed by atoms with Crippen LogP contribution in [0.5, 0.6) is 0 Å². The van der Waals surface area contributed by atoms with Crippen LogP contribution in [0.1, 0.15) is 32.1 Å². The van der Waals surface area contributed by atoms with E-state index in [2.05, 4.69) is 51.8 Å². The summed E-state index contributed by atoms with van der Waals surface area (Å²) >= 11 is 0. The van der Waals surface area contributed by atoms with Crippen LogP contribution in [-0.2, 0) is 0 Å². The predicted octanol–water partition coefficient (Wildman–Crippen LogP) is 2.78. The molecule has 1 atom stereocenters. The van der Waals surface area contributed by atoms with E-state index in [4.69, 9.17) is 0 Å². The Labute approximate surface area is 69.9 Å². The van der Waals surface area contributed by atoms with Crippen molar-refractivity contribution in [1.82, 2.24) is 0 Å². The molecule has 1 aromatic rings. The molecular weight excluding hydrogens is 131 g/mol. The maximum absolute atomic E-state index is 2.28. The second kappa shape index (κ2) is 3.70. The summed E-state index contributed by atoms with van der Waals surface area (Å²) in [4.78, 5) is 0. The summed E-state index contributed by atoms with van der Waals surface area (Å²) in [6.07, 6.45) is 0. The summed E-state index contributed by atoms with van der Waals surface area (Å²) in [5, 5.41) is 0. The van der Waals surface area contributed by atoms with Crippen molar-refractivity contribution >= 4 is 6.91 Å². The third-order valence-electron chi connectivity index (χ3n) is 2.33. The van der Waals surface area contributed by atoms with Crippen molar-refractivity contribution in [3.05, 3.63) is 29.6 Å². The Bertz CT molecular complexity index is 203. The molecule has 58 valence electrons. The molecule has 0 amide bonds. The van der Waals surface area contributed by atoms with E-state index >= 15 is 0 Å². The zero-order valence-corrected chi connectivity index (χ0v) is 7.54. The van der Waals surface area contributed by atoms with Gasteiger partial charge < -0.3 is 0 Å². The van der Waals surface area contributed by atoms with Crippen molar-refractivity contribution in [2.24, 2.45) is 5.92 Å². The summed E-state index contributed by atoms with van der Waals surface area (Å²) < 4.78 is 0. The molecule has 0 bridgehead atoms. The maximum atomic E-state index is 2.28. The zero-order valence-electron chi connectivity index (χ0n) is 7.54. The molecule has 0 N–H and O–H groups in total. The van der Waals surface area contributed by atoms with Gasteiger partial charge in [-0.05, 0) is 0 Å². The number of hydrogen-bond acceptors (Lipinski definition) is 0. The molecule has 0 aliphatic rings. The third kappa shape index (κ3) is 2.18. The van der Waals surface area contributed by atoms with E-state index in [0.29, 0.717) is 5.92 Å². The molecule has 1 unspecified atom stereocenters. The van der Waals surface area contributed by atoms with Gasteiger partial charge in [-0.2, -0.15) is 0 Å². The topological polar surface area (TPSA) is 0 Å². The van der Waals surface area contributed by atoms with Gasteiger partial charge >= 0.3 is 69.1 Å². The van der Waals surface area contributed by atoms with Crippen molar-refractivity contribution in [3.8, 4) is 0 Å². The Morgan fingerprint density at radius 1 is 1.18 bits per heavy atom. The van der Waals surface area contributed by atoms with Crippen LogP contribution in [0.3, 0.4) is 0 Å². The molecule has 1 heterocycles. The summed E-state index contributed by atoms with van der Waals surface area (Å²) in [5.41, 5.74) is 1.45. The molecule has 0 nitrogen and oxygen atoms in total. The minimum atomic E-state index is 0.677. The number of hydrogen-bond donors (Lipinski definition) is 0. The van der Waals surface area contributed by atoms with E-state index in [9.17, 15) is 0 Å². The fourth-order valence-corrected chi connectivity index (χ4v) is 1.14. The van der Waals surface area contributed by atoms with Crippen LogP contribution in [0, 0.1) is 5.92 Å². The molecule has 0 radical (unpaired) electrons. The van der Waals surface area contributed by atoms with Crippen LogP contribution < -0.4 is 0 Å². The van der Waals surface area contributed by atoms with E-state index in [1.165, 1.54) is 5.46 Å². The molecule has 11 heavy (non-hydrogen) atoms. The first-order valence-electron chi connectivity index (χ1n) is 4.26. The van der Waals surface area contributed by atoms with Gasteiger partial charge in [-0.15, -0.1) is 0 Å². The fourth-order valence-electron chi connectivity index (χ4n) is 1.14. The van der Waals surface area contributed by atoms with Crippen molar-refractivity contribution in [2.45, 2.75) is 26.7 Å². The Morgan fingerprint density at radius 3 is 2.36 bits per heavy atom. The SMILES string of the molecule is CC(C)C(C)c1bcccc1. The first kappa shape index (κ1) is 8.51. The van der Waals surface area contributed by atoms with E-state index in [0.717, 1.165) is 5.92 Å². The molecule has 0 saturated carbocycles. The molecule has 1 aromatic heterocycles. The van der Waals surface area contributed by atoms with Gasteiger partial charge in [0.25, 0.3) is 0 Å². The standard InChI is InChI=1S/C10H15B/c1-8(2)9(3)10-6-4-5-7-11-10/h4-9H,1-3H3. The first-order valence-corrected chi connectivity index (χ1v) is 4.26. The summed E-state index contributed by atoms with van der Waals surface area (Å²) in [6.45, 7) is 9.00. The van der Waals surface area contributed by atoms with Gasteiger partial charge in [0.2, 0.25) is 0 Å². The summed E-state index contributed by atoms with van der Waals surface area (Å²) in [5.74, 6) is 3.52. The van der Waals surface area contributed by atoms with Crippen molar-refractivity contribution in [1.29, 1.82) is 0 Å². The molecule has 0 aliphatic carbocycles. The second-order valence-electron chi connectivity index (χ2n) is 3.44. The van der Waals surface area contributed by atoms with Gasteiger partial charge in [0.05, 0.1) is 0 Å². The molecular formula is C10H15B. The molecule has 1 rings (SSSR count). The van der Waals surface area contributed by atoms with Crippen molar-refractivity contribution < 1.29 is 0 Å². The molecule has 0 fully saturated rings. The van der Waals surface area contributed by atoms with Crippen LogP contribution in [0.2, 0.25) is 0 Å². The third-order valence-corrected chi connectivity index (χ3v) is 2.33. The summed E-state index contributed by atoms with van der Waals surface area (Å²) in [7, 11) is 0. The van der Waals surface area contributed by atoms with Crippen LogP contribution in [0.15, 0.2) is 24.2 Å². The molecule has 1 heteroatoms. The zero-order chi connectivity index (χ0) is 8.27. The van der Waals surface area contributed by atoms with Gasteiger partial charge in [0, 0.05) is 0 Å². The Kier molecular flexibility index (Phi) is 2.87. The summed E-state index contributed by atoms with van der Waals surface area (Å²) in [6, 6.07) is 6.37. The quantitative estimate of drug-likeness (QED) is 0.601. The van der Waals surface area contributed by atoms with E-state index in [1.807, 2.05) is 0 Å². The monoisotopic (exact) mass is 146 g/mol. The van der Waals surface area contributed by atoms with E-state index in [1.54, 1.807) is 0 Å². The van der Waals surface area contributed by atoms with Crippen LogP contribution in [-0.4, -0.2) is 6.91 Å². The molecule has 0 spiro atoms. The van der Waals surface area contributed by atoms with Gasteiger partial charge in [0.15, 0.2) is 0 Å². The van der Waals surface area contributed by atoms with Crippen LogP contribution >= 0.6 is 0 Å². The predicted molar refractivity (Wildman–Crippen MR) is 51.0 cm³/mol. The van der Waals surface area contributed by atoms with E-state index < -0.39 is 0 Å². The van der Waals surface area contributed by atoms with Crippen molar-refractivity contribution in [2.75, 3.05) is 0 Å². The average Bonchev–Trinajstić information content (AvgIpc) is 2.05. The van der Waals surface area contributed by atoms with Gasteiger partial charge in [0.1, 0.15) is 0 Å². The fraction of sp³-hybridized carbons (Fsp3) is 0.500. The Hall–Kier alpha value is -0.585. The molecule has 0 aromatic carbocycles. The second-order valence-corrected chi connectivity index (χ2v) is 3.44. The normalized spacial score (nSPS) is 13.1.